The lowest BCUT2D eigenvalue weighted by Crippen LogP contribution is -2.23. The first-order chi connectivity index (χ1) is 6.86. The van der Waals surface area contributed by atoms with Gasteiger partial charge in [-0.25, -0.2) is 0 Å². The first-order valence-electron chi connectivity index (χ1n) is 3.98. The zero-order valence-electron chi connectivity index (χ0n) is 7.47. The Morgan fingerprint density at radius 3 is 2.40 bits per heavy atom. The van der Waals surface area contributed by atoms with Crippen LogP contribution in [0.25, 0.3) is 0 Å². The van der Waals surface area contributed by atoms with Gasteiger partial charge in [0.15, 0.2) is 0 Å². The SMILES string of the molecule is NCc1ccc(C(=O)[O-])cc1C(F)(F)F. The van der Waals surface area contributed by atoms with Crippen LogP contribution < -0.4 is 10.8 Å². The van der Waals surface area contributed by atoms with Gasteiger partial charge in [-0.15, -0.1) is 0 Å². The molecule has 1 aromatic carbocycles. The fraction of sp³-hybridized carbons (Fsp3) is 0.222. The van der Waals surface area contributed by atoms with Gasteiger partial charge < -0.3 is 15.6 Å². The number of carbonyl (C=O) groups is 1. The average Bonchev–Trinajstić information content (AvgIpc) is 2.15. The molecule has 2 N–H and O–H groups in total. The highest BCUT2D eigenvalue weighted by Gasteiger charge is 2.33. The lowest BCUT2D eigenvalue weighted by Gasteiger charge is -2.13. The molecule has 15 heavy (non-hydrogen) atoms. The summed E-state index contributed by atoms with van der Waals surface area (Å²) in [6, 6.07) is 2.60. The lowest BCUT2D eigenvalue weighted by atomic mass is 10.0. The molecule has 0 aliphatic rings. The van der Waals surface area contributed by atoms with E-state index in [0.717, 1.165) is 12.1 Å². The average molecular weight is 218 g/mol. The maximum Gasteiger partial charge on any atom is 0.416 e. The molecule has 0 atom stereocenters. The highest BCUT2D eigenvalue weighted by atomic mass is 19.4. The number of halogens is 3. The number of rotatable bonds is 2. The van der Waals surface area contributed by atoms with Gasteiger partial charge in [0, 0.05) is 6.54 Å². The van der Waals surface area contributed by atoms with Gasteiger partial charge in [-0.1, -0.05) is 12.1 Å². The van der Waals surface area contributed by atoms with Gasteiger partial charge in [0.2, 0.25) is 0 Å². The molecule has 1 rings (SSSR count). The van der Waals surface area contributed by atoms with Gasteiger partial charge in [0.05, 0.1) is 11.5 Å². The van der Waals surface area contributed by atoms with Crippen LogP contribution in [0.3, 0.4) is 0 Å². The van der Waals surface area contributed by atoms with E-state index in [4.69, 9.17) is 5.73 Å². The van der Waals surface area contributed by atoms with Crippen molar-refractivity contribution in [3.63, 3.8) is 0 Å². The Hall–Kier alpha value is -1.56. The molecule has 0 aliphatic heterocycles. The molecule has 0 bridgehead atoms. The molecule has 0 amide bonds. The first kappa shape index (κ1) is 11.5. The molecule has 0 spiro atoms. The van der Waals surface area contributed by atoms with Crippen LogP contribution in [0.5, 0.6) is 0 Å². The Morgan fingerprint density at radius 2 is 2.00 bits per heavy atom. The number of nitrogens with two attached hydrogens (primary N) is 1. The number of alkyl halides is 3. The molecule has 6 heteroatoms. The summed E-state index contributed by atoms with van der Waals surface area (Å²) in [6.45, 7) is -0.303. The number of hydrogen-bond donors (Lipinski definition) is 1. The monoisotopic (exact) mass is 218 g/mol. The number of aromatic carboxylic acids is 1. The van der Waals surface area contributed by atoms with Crippen molar-refractivity contribution in [1.29, 1.82) is 0 Å². The molecular weight excluding hydrogens is 211 g/mol. The number of carbonyl (C=O) groups excluding carboxylic acids is 1. The second kappa shape index (κ2) is 3.90. The highest BCUT2D eigenvalue weighted by molar-refractivity contribution is 5.86. The molecule has 82 valence electrons. The zero-order valence-corrected chi connectivity index (χ0v) is 7.47. The molecule has 3 nitrogen and oxygen atoms in total. The van der Waals surface area contributed by atoms with Crippen LogP contribution in [0.1, 0.15) is 21.5 Å². The second-order valence-electron chi connectivity index (χ2n) is 2.86. The van der Waals surface area contributed by atoms with Crippen LogP contribution in [0.2, 0.25) is 0 Å². The second-order valence-corrected chi connectivity index (χ2v) is 2.86. The van der Waals surface area contributed by atoms with Crippen LogP contribution in [0.15, 0.2) is 18.2 Å². The van der Waals surface area contributed by atoms with Gasteiger partial charge in [-0.05, 0) is 17.2 Å². The van der Waals surface area contributed by atoms with Crippen molar-refractivity contribution in [2.75, 3.05) is 0 Å². The fourth-order valence-corrected chi connectivity index (χ4v) is 1.15. The summed E-state index contributed by atoms with van der Waals surface area (Å²) in [5.41, 5.74) is 3.41. The van der Waals surface area contributed by atoms with Crippen molar-refractivity contribution in [3.05, 3.63) is 34.9 Å². The highest BCUT2D eigenvalue weighted by Crippen LogP contribution is 2.32. The molecule has 0 fully saturated rings. The normalized spacial score (nSPS) is 11.5. The van der Waals surface area contributed by atoms with E-state index < -0.39 is 23.3 Å². The summed E-state index contributed by atoms with van der Waals surface area (Å²) in [5, 5.41) is 10.4. The van der Waals surface area contributed by atoms with Crippen molar-refractivity contribution in [2.24, 2.45) is 5.73 Å². The minimum absolute atomic E-state index is 0.146. The van der Waals surface area contributed by atoms with Crippen LogP contribution in [0, 0.1) is 0 Å². The smallest absolute Gasteiger partial charge is 0.416 e. The van der Waals surface area contributed by atoms with E-state index in [2.05, 4.69) is 0 Å². The summed E-state index contributed by atoms with van der Waals surface area (Å²) in [4.78, 5) is 10.4. The molecule has 1 aromatic rings. The fourth-order valence-electron chi connectivity index (χ4n) is 1.15. The van der Waals surface area contributed by atoms with Crippen molar-refractivity contribution in [3.8, 4) is 0 Å². The predicted octanol–water partition coefficient (Wildman–Crippen LogP) is 0.528. The van der Waals surface area contributed by atoms with Crippen molar-refractivity contribution >= 4 is 5.97 Å². The Labute approximate surface area is 83.3 Å². The van der Waals surface area contributed by atoms with Gasteiger partial charge in [0.25, 0.3) is 0 Å². The third-order valence-corrected chi connectivity index (χ3v) is 1.87. The van der Waals surface area contributed by atoms with E-state index in [9.17, 15) is 23.1 Å². The quantitative estimate of drug-likeness (QED) is 0.787. The maximum atomic E-state index is 12.4. The number of hydrogen-bond acceptors (Lipinski definition) is 3. The molecular formula is C9H7F3NO2-. The van der Waals surface area contributed by atoms with Crippen LogP contribution >= 0.6 is 0 Å². The molecule has 0 heterocycles. The van der Waals surface area contributed by atoms with E-state index in [1.807, 2.05) is 0 Å². The molecule has 0 radical (unpaired) electrons. The summed E-state index contributed by atoms with van der Waals surface area (Å²) >= 11 is 0. The standard InChI is InChI=1S/C9H8F3NO2/c10-9(11,12)7-3-5(8(14)15)1-2-6(7)4-13/h1-3H,4,13H2,(H,14,15)/p-1. The topological polar surface area (TPSA) is 66.2 Å². The largest absolute Gasteiger partial charge is 0.545 e. The predicted molar refractivity (Wildman–Crippen MR) is 43.7 cm³/mol. The summed E-state index contributed by atoms with van der Waals surface area (Å²) in [7, 11) is 0. The first-order valence-corrected chi connectivity index (χ1v) is 3.98. The summed E-state index contributed by atoms with van der Waals surface area (Å²) < 4.78 is 37.2. The number of carboxylic acid groups (broad SMARTS) is 1. The Kier molecular flexibility index (Phi) is 2.99. The van der Waals surface area contributed by atoms with Crippen LogP contribution in [-0.4, -0.2) is 5.97 Å². The minimum atomic E-state index is -4.61. The van der Waals surface area contributed by atoms with E-state index >= 15 is 0 Å². The maximum absolute atomic E-state index is 12.4. The molecule has 0 saturated carbocycles. The van der Waals surface area contributed by atoms with Crippen LogP contribution in [-0.2, 0) is 12.7 Å². The van der Waals surface area contributed by atoms with Crippen molar-refractivity contribution in [1.82, 2.24) is 0 Å². The molecule has 0 aliphatic carbocycles. The molecule has 0 aromatic heterocycles. The minimum Gasteiger partial charge on any atom is -0.545 e. The Morgan fingerprint density at radius 1 is 1.40 bits per heavy atom. The van der Waals surface area contributed by atoms with E-state index in [0.29, 0.717) is 6.07 Å². The third kappa shape index (κ3) is 2.47. The number of carboxylic acids is 1. The van der Waals surface area contributed by atoms with E-state index in [1.165, 1.54) is 0 Å². The van der Waals surface area contributed by atoms with Gasteiger partial charge in [-0.3, -0.25) is 0 Å². The van der Waals surface area contributed by atoms with Crippen LogP contribution in [0.4, 0.5) is 13.2 Å². The zero-order chi connectivity index (χ0) is 11.6. The van der Waals surface area contributed by atoms with E-state index in [1.54, 1.807) is 0 Å². The van der Waals surface area contributed by atoms with Gasteiger partial charge >= 0.3 is 6.18 Å². The van der Waals surface area contributed by atoms with Gasteiger partial charge in [0.1, 0.15) is 0 Å². The Balaban J connectivity index is 3.32. The lowest BCUT2D eigenvalue weighted by molar-refractivity contribution is -0.255. The van der Waals surface area contributed by atoms with Crippen molar-refractivity contribution < 1.29 is 23.1 Å². The van der Waals surface area contributed by atoms with Crippen molar-refractivity contribution in [2.45, 2.75) is 12.7 Å². The molecule has 0 saturated heterocycles. The van der Waals surface area contributed by atoms with Gasteiger partial charge in [-0.2, -0.15) is 13.2 Å². The third-order valence-electron chi connectivity index (χ3n) is 1.87. The summed E-state index contributed by atoms with van der Waals surface area (Å²) in [6.07, 6.45) is -4.61. The molecule has 0 unspecified atom stereocenters. The van der Waals surface area contributed by atoms with E-state index in [-0.39, 0.29) is 12.1 Å². The Bertz CT molecular complexity index is 387. The number of benzene rings is 1. The summed E-state index contributed by atoms with van der Waals surface area (Å²) in [5.74, 6) is -1.65.